The van der Waals surface area contributed by atoms with Crippen LogP contribution >= 0.6 is 0 Å². The van der Waals surface area contributed by atoms with E-state index in [4.69, 9.17) is 9.47 Å². The number of amides is 1. The van der Waals surface area contributed by atoms with Crippen molar-refractivity contribution < 1.29 is 19.2 Å². The molecule has 2 saturated heterocycles. The van der Waals surface area contributed by atoms with E-state index >= 15 is 0 Å². The number of hydrogen-bond donors (Lipinski definition) is 0. The quantitative estimate of drug-likeness (QED) is 0.480. The van der Waals surface area contributed by atoms with E-state index in [1.807, 2.05) is 0 Å². The minimum atomic E-state index is -0.448. The zero-order valence-electron chi connectivity index (χ0n) is 13.3. The van der Waals surface area contributed by atoms with Crippen LogP contribution in [-0.4, -0.2) is 48.3 Å². The molecule has 0 aliphatic carbocycles. The standard InChI is InChI=1S/C17H20N2O5/c20-16(7-6-13-3-1-5-15(11-13)19(21)22)18-8-2-4-14(12-18)17-23-9-10-24-17/h1,3,5-7,11,14,17H,2,4,8-10,12H2/b7-6+/t14-/m0/s1. The van der Waals surface area contributed by atoms with Crippen LogP contribution in [0, 0.1) is 16.0 Å². The first-order chi connectivity index (χ1) is 11.6. The van der Waals surface area contributed by atoms with Crippen molar-refractivity contribution in [3.63, 3.8) is 0 Å². The first kappa shape index (κ1) is 16.6. The summed E-state index contributed by atoms with van der Waals surface area (Å²) in [4.78, 5) is 24.5. The summed E-state index contributed by atoms with van der Waals surface area (Å²) in [5.41, 5.74) is 0.645. The van der Waals surface area contributed by atoms with Gasteiger partial charge in [0.2, 0.25) is 5.91 Å². The highest BCUT2D eigenvalue weighted by Crippen LogP contribution is 2.25. The van der Waals surface area contributed by atoms with E-state index < -0.39 is 4.92 Å². The summed E-state index contributed by atoms with van der Waals surface area (Å²) < 4.78 is 11.1. The molecule has 128 valence electrons. The third-order valence-electron chi connectivity index (χ3n) is 4.30. The average molecular weight is 332 g/mol. The monoisotopic (exact) mass is 332 g/mol. The maximum Gasteiger partial charge on any atom is 0.270 e. The minimum Gasteiger partial charge on any atom is -0.350 e. The van der Waals surface area contributed by atoms with Crippen molar-refractivity contribution >= 4 is 17.7 Å². The number of nitrogens with zero attached hydrogens (tertiary/aromatic N) is 2. The van der Waals surface area contributed by atoms with Crippen LogP contribution in [-0.2, 0) is 14.3 Å². The number of rotatable bonds is 4. The number of benzene rings is 1. The topological polar surface area (TPSA) is 81.9 Å². The summed E-state index contributed by atoms with van der Waals surface area (Å²) >= 11 is 0. The molecule has 0 unspecified atom stereocenters. The maximum absolute atomic E-state index is 12.4. The van der Waals surface area contributed by atoms with Gasteiger partial charge in [-0.15, -0.1) is 0 Å². The van der Waals surface area contributed by atoms with Crippen LogP contribution in [0.5, 0.6) is 0 Å². The van der Waals surface area contributed by atoms with E-state index in [1.165, 1.54) is 18.2 Å². The molecule has 24 heavy (non-hydrogen) atoms. The molecule has 0 bridgehead atoms. The van der Waals surface area contributed by atoms with E-state index in [9.17, 15) is 14.9 Å². The Hall–Kier alpha value is -2.25. The van der Waals surface area contributed by atoms with Gasteiger partial charge in [-0.25, -0.2) is 0 Å². The van der Waals surface area contributed by atoms with Crippen molar-refractivity contribution in [2.24, 2.45) is 5.92 Å². The Morgan fingerprint density at radius 3 is 2.88 bits per heavy atom. The van der Waals surface area contributed by atoms with Crippen LogP contribution in [0.3, 0.4) is 0 Å². The number of piperidine rings is 1. The summed E-state index contributed by atoms with van der Waals surface area (Å²) in [5, 5.41) is 10.8. The number of likely N-dealkylation sites (tertiary alicyclic amines) is 1. The molecular formula is C17H20N2O5. The summed E-state index contributed by atoms with van der Waals surface area (Å²) in [5.74, 6) is 0.112. The molecule has 2 aliphatic heterocycles. The summed E-state index contributed by atoms with van der Waals surface area (Å²) in [6.07, 6.45) is 4.79. The molecule has 0 spiro atoms. The predicted octanol–water partition coefficient (Wildman–Crippen LogP) is 2.22. The third kappa shape index (κ3) is 3.98. The predicted molar refractivity (Wildman–Crippen MR) is 87.1 cm³/mol. The van der Waals surface area contributed by atoms with Crippen molar-refractivity contribution in [3.05, 3.63) is 46.0 Å². The van der Waals surface area contributed by atoms with Gasteiger partial charge in [-0.2, -0.15) is 0 Å². The number of nitro benzene ring substituents is 1. The molecule has 1 atom stereocenters. The molecule has 2 heterocycles. The lowest BCUT2D eigenvalue weighted by atomic mass is 9.97. The third-order valence-corrected chi connectivity index (χ3v) is 4.30. The second-order valence-corrected chi connectivity index (χ2v) is 5.98. The van der Waals surface area contributed by atoms with Gasteiger partial charge in [-0.05, 0) is 24.5 Å². The average Bonchev–Trinajstić information content (AvgIpc) is 3.15. The molecule has 0 N–H and O–H groups in total. The molecule has 1 aromatic rings. The highest BCUT2D eigenvalue weighted by atomic mass is 16.7. The Kier molecular flexibility index (Phi) is 5.22. The second-order valence-electron chi connectivity index (χ2n) is 5.98. The molecule has 7 nitrogen and oxygen atoms in total. The molecule has 0 radical (unpaired) electrons. The molecule has 0 saturated carbocycles. The number of ether oxygens (including phenoxy) is 2. The van der Waals surface area contributed by atoms with Gasteiger partial charge >= 0.3 is 0 Å². The van der Waals surface area contributed by atoms with Gasteiger partial charge in [-0.1, -0.05) is 12.1 Å². The second kappa shape index (κ2) is 7.55. The molecule has 2 fully saturated rings. The Balaban J connectivity index is 1.61. The number of non-ortho nitro benzene ring substituents is 1. The van der Waals surface area contributed by atoms with Crippen LogP contribution in [0.25, 0.3) is 6.08 Å². The highest BCUT2D eigenvalue weighted by Gasteiger charge is 2.32. The van der Waals surface area contributed by atoms with Crippen LogP contribution in [0.4, 0.5) is 5.69 Å². The van der Waals surface area contributed by atoms with Crippen molar-refractivity contribution in [2.45, 2.75) is 19.1 Å². The van der Waals surface area contributed by atoms with E-state index in [1.54, 1.807) is 23.1 Å². The van der Waals surface area contributed by atoms with Gasteiger partial charge in [0.25, 0.3) is 5.69 Å². The normalized spacial score (nSPS) is 22.2. The lowest BCUT2D eigenvalue weighted by Gasteiger charge is -2.34. The van der Waals surface area contributed by atoms with Crippen LogP contribution in [0.1, 0.15) is 18.4 Å². The zero-order valence-corrected chi connectivity index (χ0v) is 13.3. The first-order valence-corrected chi connectivity index (χ1v) is 8.08. The fourth-order valence-electron chi connectivity index (χ4n) is 3.10. The smallest absolute Gasteiger partial charge is 0.270 e. The molecule has 0 aromatic heterocycles. The van der Waals surface area contributed by atoms with Gasteiger partial charge in [0, 0.05) is 37.2 Å². The fraction of sp³-hybridized carbons (Fsp3) is 0.471. The van der Waals surface area contributed by atoms with Gasteiger partial charge in [0.1, 0.15) is 0 Å². The Morgan fingerprint density at radius 2 is 2.12 bits per heavy atom. The SMILES string of the molecule is O=C(/C=C/c1cccc([N+](=O)[O-])c1)N1CCC[C@H](C2OCCO2)C1. The number of nitro groups is 1. The van der Waals surface area contributed by atoms with E-state index in [0.29, 0.717) is 31.9 Å². The summed E-state index contributed by atoms with van der Waals surface area (Å²) in [6, 6.07) is 6.21. The minimum absolute atomic E-state index is 0.0122. The van der Waals surface area contributed by atoms with Crippen LogP contribution < -0.4 is 0 Å². The zero-order chi connectivity index (χ0) is 16.9. The Bertz CT molecular complexity index is 640. The first-order valence-electron chi connectivity index (χ1n) is 8.08. The van der Waals surface area contributed by atoms with Gasteiger partial charge < -0.3 is 14.4 Å². The summed E-state index contributed by atoms with van der Waals surface area (Å²) in [7, 11) is 0. The van der Waals surface area contributed by atoms with E-state index in [-0.39, 0.29) is 23.8 Å². The number of carbonyl (C=O) groups is 1. The molecule has 7 heteroatoms. The molecule has 1 amide bonds. The number of hydrogen-bond acceptors (Lipinski definition) is 5. The van der Waals surface area contributed by atoms with Gasteiger partial charge in [0.15, 0.2) is 6.29 Å². The maximum atomic E-state index is 12.4. The molecule has 1 aromatic carbocycles. The number of carbonyl (C=O) groups excluding carboxylic acids is 1. The molecule has 2 aliphatic rings. The Morgan fingerprint density at radius 1 is 1.33 bits per heavy atom. The van der Waals surface area contributed by atoms with Crippen molar-refractivity contribution in [2.75, 3.05) is 26.3 Å². The van der Waals surface area contributed by atoms with E-state index in [2.05, 4.69) is 0 Å². The Labute approximate surface area is 140 Å². The molecule has 3 rings (SSSR count). The lowest BCUT2D eigenvalue weighted by molar-refractivity contribution is -0.384. The van der Waals surface area contributed by atoms with Crippen LogP contribution in [0.2, 0.25) is 0 Å². The van der Waals surface area contributed by atoms with Crippen molar-refractivity contribution in [1.82, 2.24) is 4.90 Å². The van der Waals surface area contributed by atoms with Gasteiger partial charge in [0.05, 0.1) is 18.1 Å². The van der Waals surface area contributed by atoms with E-state index in [0.717, 1.165) is 12.8 Å². The van der Waals surface area contributed by atoms with Crippen molar-refractivity contribution in [1.29, 1.82) is 0 Å². The largest absolute Gasteiger partial charge is 0.350 e. The summed E-state index contributed by atoms with van der Waals surface area (Å²) in [6.45, 7) is 2.55. The van der Waals surface area contributed by atoms with Gasteiger partial charge in [-0.3, -0.25) is 14.9 Å². The lowest BCUT2D eigenvalue weighted by Crippen LogP contribution is -2.43. The van der Waals surface area contributed by atoms with Crippen molar-refractivity contribution in [3.8, 4) is 0 Å². The van der Waals surface area contributed by atoms with Crippen LogP contribution in [0.15, 0.2) is 30.3 Å². The molecular weight excluding hydrogens is 312 g/mol. The fourth-order valence-corrected chi connectivity index (χ4v) is 3.10. The highest BCUT2D eigenvalue weighted by molar-refractivity contribution is 5.91.